The number of alkyl halides is 3. The van der Waals surface area contributed by atoms with Gasteiger partial charge in [-0.3, -0.25) is 9.59 Å². The zero-order valence-electron chi connectivity index (χ0n) is 15.5. The highest BCUT2D eigenvalue weighted by atomic mass is 32.2. The molecule has 1 heterocycles. The lowest BCUT2D eigenvalue weighted by atomic mass is 10.2. The van der Waals surface area contributed by atoms with Gasteiger partial charge in [0.05, 0.1) is 11.3 Å². The molecule has 0 unspecified atom stereocenters. The van der Waals surface area contributed by atoms with Crippen molar-refractivity contribution < 1.29 is 27.2 Å². The maximum atomic E-state index is 12.7. The predicted octanol–water partition coefficient (Wildman–Crippen LogP) is 4.44. The topological polar surface area (TPSA) is 97.1 Å². The lowest BCUT2D eigenvalue weighted by Gasteiger charge is -2.09. The average Bonchev–Trinajstić information content (AvgIpc) is 3.15. The molecule has 30 heavy (non-hydrogen) atoms. The van der Waals surface area contributed by atoms with Crippen LogP contribution in [0.4, 0.5) is 24.5 Å². The van der Waals surface area contributed by atoms with Crippen LogP contribution in [-0.2, 0) is 15.8 Å². The van der Waals surface area contributed by atoms with E-state index < -0.39 is 17.6 Å². The lowest BCUT2D eigenvalue weighted by molar-refractivity contribution is -0.137. The third-order valence-corrected chi connectivity index (χ3v) is 4.48. The van der Waals surface area contributed by atoms with Crippen molar-refractivity contribution in [2.45, 2.75) is 18.3 Å². The highest BCUT2D eigenvalue weighted by Crippen LogP contribution is 2.31. The predicted molar refractivity (Wildman–Crippen MR) is 105 cm³/mol. The fourth-order valence-corrected chi connectivity index (χ4v) is 2.94. The smallest absolute Gasteiger partial charge is 0.411 e. The summed E-state index contributed by atoms with van der Waals surface area (Å²) in [6, 6.07) is 11.1. The molecule has 0 bridgehead atoms. The fraction of sp³-hybridized carbons (Fsp3) is 0.158. The molecule has 0 fully saturated rings. The van der Waals surface area contributed by atoms with E-state index in [0.717, 1.165) is 23.9 Å². The first-order valence-corrected chi connectivity index (χ1v) is 9.51. The summed E-state index contributed by atoms with van der Waals surface area (Å²) < 4.78 is 43.7. The van der Waals surface area contributed by atoms with Gasteiger partial charge < -0.3 is 15.1 Å². The number of nitrogens with zero attached hydrogens (tertiary/aromatic N) is 2. The Bertz CT molecular complexity index is 1050. The number of hydrogen-bond acceptors (Lipinski definition) is 6. The summed E-state index contributed by atoms with van der Waals surface area (Å²) in [5.74, 6) is -0.606. The van der Waals surface area contributed by atoms with Crippen LogP contribution in [0.3, 0.4) is 0 Å². The molecule has 2 N–H and O–H groups in total. The Labute approximate surface area is 173 Å². The summed E-state index contributed by atoms with van der Waals surface area (Å²) in [5.41, 5.74) is 0.434. The minimum Gasteiger partial charge on any atom is -0.411 e. The quantitative estimate of drug-likeness (QED) is 0.555. The van der Waals surface area contributed by atoms with Crippen LogP contribution >= 0.6 is 11.8 Å². The molecule has 3 rings (SSSR count). The third kappa shape index (κ3) is 5.83. The van der Waals surface area contributed by atoms with E-state index in [1.165, 1.54) is 19.1 Å². The molecule has 0 aliphatic carbocycles. The van der Waals surface area contributed by atoms with E-state index in [4.69, 9.17) is 4.42 Å². The number of benzene rings is 2. The van der Waals surface area contributed by atoms with E-state index in [0.29, 0.717) is 11.3 Å². The number of anilines is 2. The Morgan fingerprint density at radius 1 is 1.03 bits per heavy atom. The van der Waals surface area contributed by atoms with Crippen LogP contribution in [-0.4, -0.2) is 27.8 Å². The first kappa shape index (κ1) is 21.4. The number of halogens is 3. The molecule has 2 aromatic carbocycles. The molecule has 11 heteroatoms. The summed E-state index contributed by atoms with van der Waals surface area (Å²) in [6.07, 6.45) is -4.49. The van der Waals surface area contributed by atoms with Crippen molar-refractivity contribution in [3.8, 4) is 11.5 Å². The van der Waals surface area contributed by atoms with Crippen LogP contribution in [0, 0.1) is 0 Å². The summed E-state index contributed by atoms with van der Waals surface area (Å²) >= 11 is 0.953. The van der Waals surface area contributed by atoms with Crippen LogP contribution in [0.25, 0.3) is 11.5 Å². The first-order valence-electron chi connectivity index (χ1n) is 8.52. The van der Waals surface area contributed by atoms with E-state index in [9.17, 15) is 22.8 Å². The number of thioether (sulfide) groups is 1. The van der Waals surface area contributed by atoms with Gasteiger partial charge in [0, 0.05) is 23.9 Å². The second-order valence-corrected chi connectivity index (χ2v) is 6.97. The summed E-state index contributed by atoms with van der Waals surface area (Å²) in [4.78, 5) is 23.0. The van der Waals surface area contributed by atoms with Crippen LogP contribution in [0.1, 0.15) is 12.5 Å². The SMILES string of the molecule is CC(=O)Nc1ccc(-c2nnc(SCC(=O)Nc3cccc(C(F)(F)F)c3)o2)cc1. The monoisotopic (exact) mass is 436 g/mol. The van der Waals surface area contributed by atoms with Crippen LogP contribution in [0.5, 0.6) is 0 Å². The number of rotatable bonds is 6. The van der Waals surface area contributed by atoms with Crippen molar-refractivity contribution in [1.29, 1.82) is 0 Å². The van der Waals surface area contributed by atoms with E-state index in [1.807, 2.05) is 0 Å². The minimum atomic E-state index is -4.49. The fourth-order valence-electron chi connectivity index (χ4n) is 2.38. The zero-order chi connectivity index (χ0) is 21.7. The second-order valence-electron chi connectivity index (χ2n) is 6.05. The Morgan fingerprint density at radius 3 is 2.43 bits per heavy atom. The number of carbonyl (C=O) groups excluding carboxylic acids is 2. The van der Waals surface area contributed by atoms with E-state index in [-0.39, 0.29) is 28.5 Å². The van der Waals surface area contributed by atoms with Gasteiger partial charge in [-0.15, -0.1) is 10.2 Å². The average molecular weight is 436 g/mol. The third-order valence-electron chi connectivity index (χ3n) is 3.66. The molecule has 0 saturated heterocycles. The van der Waals surface area contributed by atoms with E-state index in [2.05, 4.69) is 20.8 Å². The molecule has 0 aliphatic heterocycles. The minimum absolute atomic E-state index is 0.0425. The summed E-state index contributed by atoms with van der Waals surface area (Å²) in [7, 11) is 0. The van der Waals surface area contributed by atoms with Gasteiger partial charge in [0.25, 0.3) is 5.22 Å². The zero-order valence-corrected chi connectivity index (χ0v) is 16.3. The van der Waals surface area contributed by atoms with Crippen molar-refractivity contribution in [2.24, 2.45) is 0 Å². The number of amides is 2. The van der Waals surface area contributed by atoms with Crippen LogP contribution in [0.15, 0.2) is 58.2 Å². The molecule has 7 nitrogen and oxygen atoms in total. The Kier molecular flexibility index (Phi) is 6.40. The molecule has 3 aromatic rings. The Balaban J connectivity index is 1.56. The molecule has 2 amide bonds. The van der Waals surface area contributed by atoms with Gasteiger partial charge in [0.2, 0.25) is 17.7 Å². The molecule has 1 aromatic heterocycles. The van der Waals surface area contributed by atoms with Gasteiger partial charge in [0.15, 0.2) is 0 Å². The Morgan fingerprint density at radius 2 is 1.77 bits per heavy atom. The van der Waals surface area contributed by atoms with Crippen molar-refractivity contribution in [1.82, 2.24) is 10.2 Å². The molecule has 156 valence electrons. The second kappa shape index (κ2) is 8.99. The van der Waals surface area contributed by atoms with Gasteiger partial charge in [0.1, 0.15) is 0 Å². The number of carbonyl (C=O) groups is 2. The van der Waals surface area contributed by atoms with Gasteiger partial charge in [-0.05, 0) is 42.5 Å². The number of hydrogen-bond donors (Lipinski definition) is 2. The standard InChI is InChI=1S/C19H15F3N4O3S/c1-11(27)23-14-7-5-12(6-8-14)17-25-26-18(29-17)30-10-16(28)24-15-4-2-3-13(9-15)19(20,21)22/h2-9H,10H2,1H3,(H,23,27)(H,24,28). The van der Waals surface area contributed by atoms with Gasteiger partial charge in [-0.1, -0.05) is 17.8 Å². The van der Waals surface area contributed by atoms with E-state index in [1.54, 1.807) is 24.3 Å². The molecule has 0 atom stereocenters. The van der Waals surface area contributed by atoms with Crippen molar-refractivity contribution in [2.75, 3.05) is 16.4 Å². The molecular weight excluding hydrogens is 421 g/mol. The van der Waals surface area contributed by atoms with Crippen molar-refractivity contribution in [3.05, 3.63) is 54.1 Å². The van der Waals surface area contributed by atoms with Crippen LogP contribution < -0.4 is 10.6 Å². The van der Waals surface area contributed by atoms with Gasteiger partial charge in [-0.2, -0.15) is 13.2 Å². The molecule has 0 saturated carbocycles. The Hall–Kier alpha value is -3.34. The first-order chi connectivity index (χ1) is 14.2. The van der Waals surface area contributed by atoms with Gasteiger partial charge >= 0.3 is 6.18 Å². The van der Waals surface area contributed by atoms with E-state index >= 15 is 0 Å². The lowest BCUT2D eigenvalue weighted by Crippen LogP contribution is -2.15. The van der Waals surface area contributed by atoms with Crippen molar-refractivity contribution >= 4 is 35.0 Å². The molecular formula is C19H15F3N4O3S. The number of nitrogens with one attached hydrogen (secondary N) is 2. The summed E-state index contributed by atoms with van der Waals surface area (Å²) in [5, 5.41) is 12.9. The maximum Gasteiger partial charge on any atom is 0.416 e. The maximum absolute atomic E-state index is 12.7. The molecule has 0 spiro atoms. The molecule has 0 radical (unpaired) electrons. The highest BCUT2D eigenvalue weighted by Gasteiger charge is 2.30. The highest BCUT2D eigenvalue weighted by molar-refractivity contribution is 7.99. The summed E-state index contributed by atoms with van der Waals surface area (Å²) in [6.45, 7) is 1.40. The van der Waals surface area contributed by atoms with Crippen LogP contribution in [0.2, 0.25) is 0 Å². The van der Waals surface area contributed by atoms with Crippen molar-refractivity contribution in [3.63, 3.8) is 0 Å². The molecule has 0 aliphatic rings. The largest absolute Gasteiger partial charge is 0.416 e. The number of aromatic nitrogens is 2. The normalized spacial score (nSPS) is 11.2. The van der Waals surface area contributed by atoms with Gasteiger partial charge in [-0.25, -0.2) is 0 Å².